The number of amides is 1. The van der Waals surface area contributed by atoms with Gasteiger partial charge in [0.1, 0.15) is 0 Å². The number of hydrogen-bond acceptors (Lipinski definition) is 3. The largest absolute Gasteiger partial charge is 0.383 e. The van der Waals surface area contributed by atoms with Gasteiger partial charge in [0, 0.05) is 18.0 Å². The van der Waals surface area contributed by atoms with Crippen LogP contribution in [0.3, 0.4) is 0 Å². The molecule has 0 heterocycles. The number of ether oxygens (including phenoxy) is 1. The summed E-state index contributed by atoms with van der Waals surface area (Å²) in [6.07, 6.45) is 0. The Kier molecular flexibility index (Phi) is 6.22. The van der Waals surface area contributed by atoms with Crippen molar-refractivity contribution < 1.29 is 9.53 Å². The summed E-state index contributed by atoms with van der Waals surface area (Å²) in [5.41, 5.74) is 2.43. The second-order valence-electron chi connectivity index (χ2n) is 4.48. The highest BCUT2D eigenvalue weighted by atomic mass is 32.2. The van der Waals surface area contributed by atoms with Crippen LogP contribution in [-0.4, -0.2) is 31.4 Å². The first-order valence-corrected chi connectivity index (χ1v) is 7.00. The van der Waals surface area contributed by atoms with E-state index in [4.69, 9.17) is 4.74 Å². The molecule has 1 N–H and O–H groups in total. The molecule has 0 unspecified atom stereocenters. The lowest BCUT2D eigenvalue weighted by Gasteiger charge is -2.13. The molecule has 1 rings (SSSR count). The summed E-state index contributed by atoms with van der Waals surface area (Å²) in [6.45, 7) is 6.60. The zero-order valence-electron chi connectivity index (χ0n) is 11.4. The van der Waals surface area contributed by atoms with Crippen LogP contribution in [0.25, 0.3) is 0 Å². The molecule has 1 amide bonds. The summed E-state index contributed by atoms with van der Waals surface area (Å²) in [7, 11) is 1.63. The van der Waals surface area contributed by atoms with Gasteiger partial charge >= 0.3 is 0 Å². The number of hydrogen-bond donors (Lipinski definition) is 1. The number of methoxy groups -OCH3 is 1. The van der Waals surface area contributed by atoms with Gasteiger partial charge < -0.3 is 10.1 Å². The van der Waals surface area contributed by atoms with Crippen molar-refractivity contribution in [2.75, 3.05) is 19.5 Å². The lowest BCUT2D eigenvalue weighted by atomic mass is 10.2. The first-order chi connectivity index (χ1) is 8.52. The Balaban J connectivity index is 2.45. The van der Waals surface area contributed by atoms with Gasteiger partial charge in [0.15, 0.2) is 0 Å². The number of aryl methyl sites for hydroxylation is 2. The molecule has 0 bridgehead atoms. The van der Waals surface area contributed by atoms with Gasteiger partial charge in [0.25, 0.3) is 0 Å². The lowest BCUT2D eigenvalue weighted by Crippen LogP contribution is -2.36. The highest BCUT2D eigenvalue weighted by Crippen LogP contribution is 2.23. The summed E-state index contributed by atoms with van der Waals surface area (Å²) >= 11 is 1.58. The molecule has 18 heavy (non-hydrogen) atoms. The Morgan fingerprint density at radius 3 is 2.83 bits per heavy atom. The van der Waals surface area contributed by atoms with Gasteiger partial charge in [-0.05, 0) is 32.4 Å². The van der Waals surface area contributed by atoms with Gasteiger partial charge in [-0.15, -0.1) is 11.8 Å². The number of nitrogens with one attached hydrogen (secondary N) is 1. The van der Waals surface area contributed by atoms with Crippen LogP contribution in [0.1, 0.15) is 18.1 Å². The minimum Gasteiger partial charge on any atom is -0.383 e. The monoisotopic (exact) mass is 267 g/mol. The van der Waals surface area contributed by atoms with Crippen LogP contribution < -0.4 is 5.32 Å². The van der Waals surface area contributed by atoms with E-state index in [9.17, 15) is 4.79 Å². The number of benzene rings is 1. The van der Waals surface area contributed by atoms with E-state index in [-0.39, 0.29) is 11.9 Å². The number of carbonyl (C=O) groups is 1. The molecule has 4 heteroatoms. The zero-order chi connectivity index (χ0) is 13.5. The molecule has 1 aromatic rings. The quantitative estimate of drug-likeness (QED) is 0.805. The van der Waals surface area contributed by atoms with E-state index in [0.717, 1.165) is 0 Å². The Labute approximate surface area is 113 Å². The standard InChI is InChI=1S/C14H21NO2S/c1-10-5-6-11(2)13(7-10)18-9-14(16)15-12(3)8-17-4/h5-7,12H,8-9H2,1-4H3,(H,15,16)/t12-/m1/s1. The molecular formula is C14H21NO2S. The van der Waals surface area contributed by atoms with Gasteiger partial charge in [-0.1, -0.05) is 17.7 Å². The first kappa shape index (κ1) is 15.1. The third-order valence-electron chi connectivity index (χ3n) is 2.53. The van der Waals surface area contributed by atoms with E-state index >= 15 is 0 Å². The van der Waals surface area contributed by atoms with Crippen molar-refractivity contribution in [2.45, 2.75) is 31.7 Å². The molecule has 0 radical (unpaired) electrons. The molecule has 0 aliphatic carbocycles. The van der Waals surface area contributed by atoms with E-state index in [0.29, 0.717) is 12.4 Å². The van der Waals surface area contributed by atoms with Crippen LogP contribution in [-0.2, 0) is 9.53 Å². The van der Waals surface area contributed by atoms with Crippen LogP contribution in [0.15, 0.2) is 23.1 Å². The van der Waals surface area contributed by atoms with E-state index in [2.05, 4.69) is 37.4 Å². The SMILES string of the molecule is COC[C@@H](C)NC(=O)CSc1cc(C)ccc1C. The molecule has 1 atom stereocenters. The van der Waals surface area contributed by atoms with E-state index in [1.165, 1.54) is 16.0 Å². The normalized spacial score (nSPS) is 12.2. The summed E-state index contributed by atoms with van der Waals surface area (Å²) in [5, 5.41) is 2.90. The van der Waals surface area contributed by atoms with Crippen molar-refractivity contribution in [3.63, 3.8) is 0 Å². The van der Waals surface area contributed by atoms with Crippen molar-refractivity contribution in [3.05, 3.63) is 29.3 Å². The fraction of sp³-hybridized carbons (Fsp3) is 0.500. The lowest BCUT2D eigenvalue weighted by molar-refractivity contribution is -0.119. The summed E-state index contributed by atoms with van der Waals surface area (Å²) in [4.78, 5) is 12.9. The Hall–Kier alpha value is -1.00. The molecule has 100 valence electrons. The molecule has 0 spiro atoms. The summed E-state index contributed by atoms with van der Waals surface area (Å²) in [5.74, 6) is 0.490. The minimum absolute atomic E-state index is 0.0467. The first-order valence-electron chi connectivity index (χ1n) is 6.01. The van der Waals surface area contributed by atoms with Crippen LogP contribution >= 0.6 is 11.8 Å². The number of thioether (sulfide) groups is 1. The number of carbonyl (C=O) groups excluding carboxylic acids is 1. The van der Waals surface area contributed by atoms with Gasteiger partial charge in [0.2, 0.25) is 5.91 Å². The molecule has 3 nitrogen and oxygen atoms in total. The second kappa shape index (κ2) is 7.44. The molecule has 0 saturated heterocycles. The fourth-order valence-corrected chi connectivity index (χ4v) is 2.55. The van der Waals surface area contributed by atoms with Crippen molar-refractivity contribution in [3.8, 4) is 0 Å². The smallest absolute Gasteiger partial charge is 0.230 e. The predicted octanol–water partition coefficient (Wildman–Crippen LogP) is 2.55. The van der Waals surface area contributed by atoms with Crippen molar-refractivity contribution in [2.24, 2.45) is 0 Å². The highest BCUT2D eigenvalue weighted by Gasteiger charge is 2.08. The summed E-state index contributed by atoms with van der Waals surface area (Å²) in [6, 6.07) is 6.34. The molecule has 0 aliphatic rings. The Bertz CT molecular complexity index is 407. The second-order valence-corrected chi connectivity index (χ2v) is 5.50. The minimum atomic E-state index is 0.0467. The molecule has 0 aliphatic heterocycles. The fourth-order valence-electron chi connectivity index (χ4n) is 1.61. The van der Waals surface area contributed by atoms with Crippen LogP contribution in [0, 0.1) is 13.8 Å². The molecule has 1 aromatic carbocycles. The van der Waals surface area contributed by atoms with Gasteiger partial charge in [0.05, 0.1) is 12.4 Å². The highest BCUT2D eigenvalue weighted by molar-refractivity contribution is 8.00. The van der Waals surface area contributed by atoms with E-state index in [1.807, 2.05) is 6.92 Å². The van der Waals surface area contributed by atoms with E-state index in [1.54, 1.807) is 18.9 Å². The van der Waals surface area contributed by atoms with Gasteiger partial charge in [-0.2, -0.15) is 0 Å². The molecule has 0 fully saturated rings. The summed E-state index contributed by atoms with van der Waals surface area (Å²) < 4.78 is 4.98. The maximum Gasteiger partial charge on any atom is 0.230 e. The molecule has 0 saturated carbocycles. The predicted molar refractivity (Wildman–Crippen MR) is 76.1 cm³/mol. The van der Waals surface area contributed by atoms with Crippen molar-refractivity contribution >= 4 is 17.7 Å². The topological polar surface area (TPSA) is 38.3 Å². The third kappa shape index (κ3) is 5.10. The van der Waals surface area contributed by atoms with Crippen LogP contribution in [0.2, 0.25) is 0 Å². The molecular weight excluding hydrogens is 246 g/mol. The van der Waals surface area contributed by atoms with Gasteiger partial charge in [-0.25, -0.2) is 0 Å². The third-order valence-corrected chi connectivity index (χ3v) is 3.68. The Morgan fingerprint density at radius 2 is 2.17 bits per heavy atom. The average molecular weight is 267 g/mol. The van der Waals surface area contributed by atoms with Crippen molar-refractivity contribution in [1.29, 1.82) is 0 Å². The maximum absolute atomic E-state index is 11.7. The van der Waals surface area contributed by atoms with E-state index < -0.39 is 0 Å². The number of rotatable bonds is 6. The van der Waals surface area contributed by atoms with Gasteiger partial charge in [-0.3, -0.25) is 4.79 Å². The molecule has 0 aromatic heterocycles. The maximum atomic E-state index is 11.7. The Morgan fingerprint density at radius 1 is 1.44 bits per heavy atom. The average Bonchev–Trinajstić information content (AvgIpc) is 2.30. The van der Waals surface area contributed by atoms with Crippen LogP contribution in [0.4, 0.5) is 0 Å². The zero-order valence-corrected chi connectivity index (χ0v) is 12.3. The van der Waals surface area contributed by atoms with Crippen molar-refractivity contribution in [1.82, 2.24) is 5.32 Å². The van der Waals surface area contributed by atoms with Crippen LogP contribution in [0.5, 0.6) is 0 Å².